The monoisotopic (exact) mass is 269 g/mol. The fraction of sp³-hybridized carbons (Fsp3) is 0.867. The van der Waals surface area contributed by atoms with Gasteiger partial charge in [0, 0.05) is 18.5 Å². The minimum absolute atomic E-state index is 0.0769. The van der Waals surface area contributed by atoms with Gasteiger partial charge in [-0.2, -0.15) is 0 Å². The SMILES string of the molecule is CCCCN(C(=O)C1CCC(C(=O)O)C1)C(C)CC. The molecule has 19 heavy (non-hydrogen) atoms. The summed E-state index contributed by atoms with van der Waals surface area (Å²) >= 11 is 0. The van der Waals surface area contributed by atoms with Gasteiger partial charge in [0.05, 0.1) is 5.92 Å². The van der Waals surface area contributed by atoms with Gasteiger partial charge in [0.25, 0.3) is 0 Å². The van der Waals surface area contributed by atoms with E-state index in [0.29, 0.717) is 12.8 Å². The van der Waals surface area contributed by atoms with E-state index >= 15 is 0 Å². The number of hydrogen-bond donors (Lipinski definition) is 1. The van der Waals surface area contributed by atoms with E-state index in [1.54, 1.807) is 0 Å². The molecule has 1 aliphatic carbocycles. The van der Waals surface area contributed by atoms with Gasteiger partial charge >= 0.3 is 5.97 Å². The number of carbonyl (C=O) groups is 2. The Balaban J connectivity index is 2.63. The molecule has 0 bridgehead atoms. The molecule has 0 aliphatic heterocycles. The smallest absolute Gasteiger partial charge is 0.306 e. The van der Waals surface area contributed by atoms with Crippen molar-refractivity contribution >= 4 is 11.9 Å². The van der Waals surface area contributed by atoms with E-state index in [2.05, 4.69) is 20.8 Å². The van der Waals surface area contributed by atoms with Gasteiger partial charge in [-0.05, 0) is 39.0 Å². The highest BCUT2D eigenvalue weighted by Crippen LogP contribution is 2.33. The zero-order valence-corrected chi connectivity index (χ0v) is 12.4. The van der Waals surface area contributed by atoms with Gasteiger partial charge in [-0.25, -0.2) is 0 Å². The molecule has 1 amide bonds. The van der Waals surface area contributed by atoms with Gasteiger partial charge in [0.15, 0.2) is 0 Å². The number of aliphatic carboxylic acids is 1. The van der Waals surface area contributed by atoms with Gasteiger partial charge < -0.3 is 10.0 Å². The van der Waals surface area contributed by atoms with E-state index in [-0.39, 0.29) is 23.8 Å². The maximum atomic E-state index is 12.6. The molecule has 0 aromatic heterocycles. The van der Waals surface area contributed by atoms with E-state index in [1.807, 2.05) is 4.90 Å². The number of nitrogens with zero attached hydrogens (tertiary/aromatic N) is 1. The molecule has 1 fully saturated rings. The van der Waals surface area contributed by atoms with Crippen molar-refractivity contribution in [3.05, 3.63) is 0 Å². The summed E-state index contributed by atoms with van der Waals surface area (Å²) in [4.78, 5) is 25.5. The lowest BCUT2D eigenvalue weighted by Gasteiger charge is -2.31. The molecule has 0 spiro atoms. The molecule has 110 valence electrons. The van der Waals surface area contributed by atoms with Crippen molar-refractivity contribution in [1.82, 2.24) is 4.90 Å². The summed E-state index contributed by atoms with van der Waals surface area (Å²) in [5.74, 6) is -0.976. The van der Waals surface area contributed by atoms with Crippen LogP contribution in [0.3, 0.4) is 0 Å². The first-order valence-corrected chi connectivity index (χ1v) is 7.54. The molecule has 3 unspecified atom stereocenters. The first-order chi connectivity index (χ1) is 9.01. The van der Waals surface area contributed by atoms with E-state index < -0.39 is 5.97 Å². The number of hydrogen-bond acceptors (Lipinski definition) is 2. The fourth-order valence-electron chi connectivity index (χ4n) is 2.76. The third-order valence-electron chi connectivity index (χ3n) is 4.29. The Kier molecular flexibility index (Phi) is 6.32. The Labute approximate surface area is 116 Å². The topological polar surface area (TPSA) is 57.6 Å². The number of rotatable bonds is 7. The Morgan fingerprint density at radius 1 is 1.26 bits per heavy atom. The molecule has 4 heteroatoms. The van der Waals surface area contributed by atoms with Crippen LogP contribution in [0.25, 0.3) is 0 Å². The number of carbonyl (C=O) groups excluding carboxylic acids is 1. The maximum absolute atomic E-state index is 12.6. The summed E-state index contributed by atoms with van der Waals surface area (Å²) in [7, 11) is 0. The molecule has 0 radical (unpaired) electrons. The van der Waals surface area contributed by atoms with Crippen molar-refractivity contribution in [2.45, 2.75) is 65.3 Å². The Hall–Kier alpha value is -1.06. The second-order valence-electron chi connectivity index (χ2n) is 5.69. The molecule has 1 N–H and O–H groups in total. The van der Waals surface area contributed by atoms with Crippen LogP contribution in [-0.4, -0.2) is 34.5 Å². The molecular formula is C15H27NO3. The highest BCUT2D eigenvalue weighted by atomic mass is 16.4. The molecule has 3 atom stereocenters. The summed E-state index contributed by atoms with van der Waals surface area (Å²) in [6.07, 6.45) is 4.94. The lowest BCUT2D eigenvalue weighted by molar-refractivity contribution is -0.142. The van der Waals surface area contributed by atoms with Crippen LogP contribution >= 0.6 is 0 Å². The lowest BCUT2D eigenvalue weighted by atomic mass is 10.0. The molecule has 0 saturated heterocycles. The lowest BCUT2D eigenvalue weighted by Crippen LogP contribution is -2.42. The average molecular weight is 269 g/mol. The van der Waals surface area contributed by atoms with Crippen LogP contribution in [0.4, 0.5) is 0 Å². The Bertz CT molecular complexity index is 317. The largest absolute Gasteiger partial charge is 0.481 e. The predicted molar refractivity (Wildman–Crippen MR) is 74.8 cm³/mol. The van der Waals surface area contributed by atoms with Gasteiger partial charge in [0.2, 0.25) is 5.91 Å². The van der Waals surface area contributed by atoms with Crippen LogP contribution in [0.2, 0.25) is 0 Å². The zero-order valence-electron chi connectivity index (χ0n) is 12.4. The van der Waals surface area contributed by atoms with Crippen LogP contribution in [0.5, 0.6) is 0 Å². The summed E-state index contributed by atoms with van der Waals surface area (Å²) < 4.78 is 0. The standard InChI is InChI=1S/C15H27NO3/c1-4-6-9-16(11(3)5-2)14(17)12-7-8-13(10-12)15(18)19/h11-13H,4-10H2,1-3H3,(H,18,19). The average Bonchev–Trinajstić information content (AvgIpc) is 2.88. The zero-order chi connectivity index (χ0) is 14.4. The van der Waals surface area contributed by atoms with Crippen LogP contribution < -0.4 is 0 Å². The number of carboxylic acid groups (broad SMARTS) is 1. The number of amides is 1. The van der Waals surface area contributed by atoms with Crippen molar-refractivity contribution in [3.63, 3.8) is 0 Å². The molecule has 4 nitrogen and oxygen atoms in total. The first-order valence-electron chi connectivity index (χ1n) is 7.54. The van der Waals surface area contributed by atoms with Crippen LogP contribution in [0, 0.1) is 11.8 Å². The summed E-state index contributed by atoms with van der Waals surface area (Å²) in [6.45, 7) is 7.09. The van der Waals surface area contributed by atoms with E-state index in [1.165, 1.54) is 0 Å². The van der Waals surface area contributed by atoms with E-state index in [0.717, 1.165) is 32.2 Å². The van der Waals surface area contributed by atoms with Gasteiger partial charge in [-0.15, -0.1) is 0 Å². The molecule has 1 aliphatic rings. The predicted octanol–water partition coefficient (Wildman–Crippen LogP) is 2.91. The molecule has 0 heterocycles. The van der Waals surface area contributed by atoms with Crippen molar-refractivity contribution in [2.75, 3.05) is 6.54 Å². The molecular weight excluding hydrogens is 242 g/mol. The summed E-state index contributed by atoms with van der Waals surface area (Å²) in [5.41, 5.74) is 0. The molecule has 0 aromatic carbocycles. The van der Waals surface area contributed by atoms with Crippen molar-refractivity contribution in [2.24, 2.45) is 11.8 Å². The fourth-order valence-corrected chi connectivity index (χ4v) is 2.76. The second-order valence-corrected chi connectivity index (χ2v) is 5.69. The first kappa shape index (κ1) is 16.0. The minimum atomic E-state index is -0.751. The highest BCUT2D eigenvalue weighted by Gasteiger charge is 2.36. The molecule has 1 rings (SSSR count). The van der Waals surface area contributed by atoms with E-state index in [9.17, 15) is 9.59 Å². The Morgan fingerprint density at radius 3 is 2.37 bits per heavy atom. The van der Waals surface area contributed by atoms with E-state index in [4.69, 9.17) is 5.11 Å². The maximum Gasteiger partial charge on any atom is 0.306 e. The normalized spacial score (nSPS) is 24.2. The van der Waals surface area contributed by atoms with Gasteiger partial charge in [-0.1, -0.05) is 20.3 Å². The minimum Gasteiger partial charge on any atom is -0.481 e. The van der Waals surface area contributed by atoms with Crippen LogP contribution in [0.15, 0.2) is 0 Å². The Morgan fingerprint density at radius 2 is 1.89 bits per heavy atom. The van der Waals surface area contributed by atoms with Crippen molar-refractivity contribution < 1.29 is 14.7 Å². The van der Waals surface area contributed by atoms with Crippen LogP contribution in [0.1, 0.15) is 59.3 Å². The van der Waals surface area contributed by atoms with Crippen LogP contribution in [-0.2, 0) is 9.59 Å². The summed E-state index contributed by atoms with van der Waals surface area (Å²) in [5, 5.41) is 9.02. The third-order valence-corrected chi connectivity index (χ3v) is 4.29. The molecule has 1 saturated carbocycles. The third kappa shape index (κ3) is 4.22. The van der Waals surface area contributed by atoms with Gasteiger partial charge in [-0.3, -0.25) is 9.59 Å². The highest BCUT2D eigenvalue weighted by molar-refractivity contribution is 5.81. The quantitative estimate of drug-likeness (QED) is 0.773. The van der Waals surface area contributed by atoms with Crippen molar-refractivity contribution in [3.8, 4) is 0 Å². The van der Waals surface area contributed by atoms with Gasteiger partial charge in [0.1, 0.15) is 0 Å². The molecule has 0 aromatic rings. The number of unbranched alkanes of at least 4 members (excludes halogenated alkanes) is 1. The number of carboxylic acids is 1. The van der Waals surface area contributed by atoms with Crippen molar-refractivity contribution in [1.29, 1.82) is 0 Å². The second kappa shape index (κ2) is 7.51. The summed E-state index contributed by atoms with van der Waals surface area (Å²) in [6, 6.07) is 0.253.